The van der Waals surface area contributed by atoms with E-state index >= 15 is 0 Å². The molecule has 3 aromatic heterocycles. The van der Waals surface area contributed by atoms with Crippen molar-refractivity contribution in [3.05, 3.63) is 56.2 Å². The quantitative estimate of drug-likeness (QED) is 0.371. The van der Waals surface area contributed by atoms with Crippen molar-refractivity contribution < 1.29 is 14.7 Å². The predicted molar refractivity (Wildman–Crippen MR) is 98.7 cm³/mol. The monoisotopic (exact) mass is 449 g/mol. The van der Waals surface area contributed by atoms with Crippen LogP contribution in [0.5, 0.6) is 0 Å². The minimum Gasteiger partial charge on any atom is -0.505 e. The number of halogens is 1. The van der Waals surface area contributed by atoms with Crippen LogP contribution < -0.4 is 4.90 Å². The number of carbonyl (C=O) groups excluding carboxylic acids is 2. The normalized spacial score (nSPS) is 19.3. The second kappa shape index (κ2) is 6.67. The van der Waals surface area contributed by atoms with E-state index in [9.17, 15) is 14.7 Å². The Morgan fingerprint density at radius 1 is 1.27 bits per heavy atom. The van der Waals surface area contributed by atoms with Gasteiger partial charge in [-0.15, -0.1) is 21.5 Å². The molecule has 4 rings (SSSR count). The minimum absolute atomic E-state index is 0.0555. The molecule has 3 aromatic rings. The highest BCUT2D eigenvalue weighted by atomic mass is 79.9. The summed E-state index contributed by atoms with van der Waals surface area (Å²) in [7, 11) is 0. The SMILES string of the molecule is O=C1C(=O)N(c2nncs2)C(c2ccc(Br)s2)/C1=C(\O)c1cnccn1. The Morgan fingerprint density at radius 2 is 2.12 bits per heavy atom. The largest absolute Gasteiger partial charge is 0.505 e. The fourth-order valence-corrected chi connectivity index (χ4v) is 4.72. The molecule has 1 amide bonds. The molecule has 4 heterocycles. The van der Waals surface area contributed by atoms with Crippen LogP contribution >= 0.6 is 38.6 Å². The van der Waals surface area contributed by atoms with E-state index in [-0.39, 0.29) is 22.2 Å². The van der Waals surface area contributed by atoms with Crippen LogP contribution in [0.1, 0.15) is 16.6 Å². The molecule has 130 valence electrons. The van der Waals surface area contributed by atoms with Crippen LogP contribution in [0.2, 0.25) is 0 Å². The van der Waals surface area contributed by atoms with Crippen molar-refractivity contribution in [2.45, 2.75) is 6.04 Å². The summed E-state index contributed by atoms with van der Waals surface area (Å²) in [6.07, 6.45) is 4.17. The predicted octanol–water partition coefficient (Wildman–Crippen LogP) is 2.78. The van der Waals surface area contributed by atoms with Gasteiger partial charge in [0.25, 0.3) is 5.78 Å². The van der Waals surface area contributed by atoms with Crippen LogP contribution in [0.15, 0.2) is 45.6 Å². The number of nitrogens with zero attached hydrogens (tertiary/aromatic N) is 5. The lowest BCUT2D eigenvalue weighted by Crippen LogP contribution is -2.29. The van der Waals surface area contributed by atoms with Crippen molar-refractivity contribution in [1.82, 2.24) is 20.2 Å². The minimum atomic E-state index is -0.818. The van der Waals surface area contributed by atoms with E-state index in [0.29, 0.717) is 4.88 Å². The first-order valence-electron chi connectivity index (χ1n) is 7.16. The molecule has 1 aliphatic heterocycles. The third-order valence-corrected chi connectivity index (χ3v) is 6.03. The number of anilines is 1. The van der Waals surface area contributed by atoms with Crippen molar-refractivity contribution >= 4 is 61.2 Å². The number of thiophene rings is 1. The molecule has 11 heteroatoms. The molecule has 0 aliphatic carbocycles. The van der Waals surface area contributed by atoms with Gasteiger partial charge in [0.2, 0.25) is 5.13 Å². The third-order valence-electron chi connectivity index (χ3n) is 3.67. The van der Waals surface area contributed by atoms with Gasteiger partial charge in [0.05, 0.1) is 15.6 Å². The summed E-state index contributed by atoms with van der Waals surface area (Å²) in [6.45, 7) is 0. The molecule has 0 spiro atoms. The molecule has 0 radical (unpaired) electrons. The molecule has 1 atom stereocenters. The number of aliphatic hydroxyl groups excluding tert-OH is 1. The maximum Gasteiger partial charge on any atom is 0.301 e. The molecule has 1 fully saturated rings. The number of hydrogen-bond donors (Lipinski definition) is 1. The van der Waals surface area contributed by atoms with E-state index < -0.39 is 17.7 Å². The highest BCUT2D eigenvalue weighted by Crippen LogP contribution is 2.44. The Morgan fingerprint density at radius 3 is 2.73 bits per heavy atom. The van der Waals surface area contributed by atoms with Gasteiger partial charge in [-0.3, -0.25) is 19.5 Å². The van der Waals surface area contributed by atoms with Crippen molar-refractivity contribution in [3.63, 3.8) is 0 Å². The number of carbonyl (C=O) groups is 2. The van der Waals surface area contributed by atoms with Gasteiger partial charge in [-0.1, -0.05) is 11.3 Å². The number of Topliss-reactive ketones (excluding diaryl/α,β-unsaturated/α-hetero) is 1. The van der Waals surface area contributed by atoms with Gasteiger partial charge < -0.3 is 5.11 Å². The lowest BCUT2D eigenvalue weighted by molar-refractivity contribution is -0.132. The highest BCUT2D eigenvalue weighted by Gasteiger charge is 2.48. The molecule has 26 heavy (non-hydrogen) atoms. The summed E-state index contributed by atoms with van der Waals surface area (Å²) < 4.78 is 0.829. The molecule has 0 bridgehead atoms. The molecule has 1 aliphatic rings. The maximum atomic E-state index is 12.7. The average molecular weight is 450 g/mol. The number of ketones is 1. The zero-order valence-electron chi connectivity index (χ0n) is 12.7. The number of aliphatic hydroxyl groups is 1. The Labute approximate surface area is 163 Å². The van der Waals surface area contributed by atoms with Gasteiger partial charge in [0.15, 0.2) is 5.76 Å². The summed E-state index contributed by atoms with van der Waals surface area (Å²) >= 11 is 5.87. The first-order chi connectivity index (χ1) is 12.6. The molecule has 1 N–H and O–H groups in total. The molecule has 0 saturated carbocycles. The van der Waals surface area contributed by atoms with E-state index in [1.165, 1.54) is 40.3 Å². The summed E-state index contributed by atoms with van der Waals surface area (Å²) in [5.41, 5.74) is 1.53. The topological polar surface area (TPSA) is 109 Å². The number of hydrogen-bond acceptors (Lipinski definition) is 9. The van der Waals surface area contributed by atoms with Crippen molar-refractivity contribution in [1.29, 1.82) is 0 Å². The van der Waals surface area contributed by atoms with Crippen LogP contribution in [-0.2, 0) is 9.59 Å². The molecular weight excluding hydrogens is 442 g/mol. The van der Waals surface area contributed by atoms with Crippen molar-refractivity contribution in [3.8, 4) is 0 Å². The van der Waals surface area contributed by atoms with Crippen LogP contribution in [0.4, 0.5) is 5.13 Å². The lowest BCUT2D eigenvalue weighted by Gasteiger charge is -2.20. The second-order valence-electron chi connectivity index (χ2n) is 5.12. The fraction of sp³-hybridized carbons (Fsp3) is 0.0667. The first kappa shape index (κ1) is 16.9. The standard InChI is InChI=1S/C15H8BrN5O3S2/c16-9-2-1-8(26-9)11-10(12(22)7-5-17-3-4-18-7)13(23)14(24)21(11)15-20-19-6-25-15/h1-6,11,22H/b12-10+. The van der Waals surface area contributed by atoms with Crippen LogP contribution in [0, 0.1) is 0 Å². The van der Waals surface area contributed by atoms with Gasteiger partial charge >= 0.3 is 5.91 Å². The Balaban J connectivity index is 1.94. The molecule has 0 aromatic carbocycles. The van der Waals surface area contributed by atoms with Crippen molar-refractivity contribution in [2.75, 3.05) is 4.90 Å². The van der Waals surface area contributed by atoms with E-state index in [1.807, 2.05) is 6.07 Å². The van der Waals surface area contributed by atoms with E-state index in [0.717, 1.165) is 15.1 Å². The fourth-order valence-electron chi connectivity index (χ4n) is 2.61. The smallest absolute Gasteiger partial charge is 0.301 e. The van der Waals surface area contributed by atoms with Gasteiger partial charge in [-0.05, 0) is 28.1 Å². The second-order valence-corrected chi connectivity index (χ2v) is 8.43. The van der Waals surface area contributed by atoms with Crippen LogP contribution in [0.3, 0.4) is 0 Å². The Hall–Kier alpha value is -2.50. The summed E-state index contributed by atoms with van der Waals surface area (Å²) in [4.78, 5) is 35.2. The Bertz CT molecular complexity index is 1020. The van der Waals surface area contributed by atoms with Crippen LogP contribution in [-0.4, -0.2) is 37.0 Å². The van der Waals surface area contributed by atoms with Gasteiger partial charge in [0, 0.05) is 17.3 Å². The zero-order valence-corrected chi connectivity index (χ0v) is 16.0. The van der Waals surface area contributed by atoms with Gasteiger partial charge in [-0.2, -0.15) is 0 Å². The first-order valence-corrected chi connectivity index (χ1v) is 9.65. The van der Waals surface area contributed by atoms with Gasteiger partial charge in [-0.25, -0.2) is 4.98 Å². The third kappa shape index (κ3) is 2.73. The molecule has 1 unspecified atom stereocenters. The summed E-state index contributed by atoms with van der Waals surface area (Å²) in [6, 6.07) is 2.77. The van der Waals surface area contributed by atoms with E-state index in [2.05, 4.69) is 36.1 Å². The molecule has 8 nitrogen and oxygen atoms in total. The van der Waals surface area contributed by atoms with E-state index in [4.69, 9.17) is 0 Å². The Kier molecular flexibility index (Phi) is 4.34. The number of aromatic nitrogens is 4. The summed E-state index contributed by atoms with van der Waals surface area (Å²) in [5, 5.41) is 18.6. The highest BCUT2D eigenvalue weighted by molar-refractivity contribution is 9.11. The average Bonchev–Trinajstić information content (AvgIpc) is 3.37. The molecular formula is C15H8BrN5O3S2. The molecule has 1 saturated heterocycles. The lowest BCUT2D eigenvalue weighted by atomic mass is 10.0. The summed E-state index contributed by atoms with van der Waals surface area (Å²) in [5.74, 6) is -1.96. The maximum absolute atomic E-state index is 12.7. The van der Waals surface area contributed by atoms with Gasteiger partial charge in [0.1, 0.15) is 17.2 Å². The van der Waals surface area contributed by atoms with E-state index in [1.54, 1.807) is 6.07 Å². The van der Waals surface area contributed by atoms with Crippen LogP contribution in [0.25, 0.3) is 5.76 Å². The zero-order chi connectivity index (χ0) is 18.3. The van der Waals surface area contributed by atoms with Crippen molar-refractivity contribution in [2.24, 2.45) is 0 Å². The number of rotatable bonds is 3. The number of amides is 1.